The summed E-state index contributed by atoms with van der Waals surface area (Å²) >= 11 is 0. The summed E-state index contributed by atoms with van der Waals surface area (Å²) in [7, 11) is 0. The van der Waals surface area contributed by atoms with Crippen LogP contribution in [0.4, 0.5) is 4.79 Å². The first-order chi connectivity index (χ1) is 8.35. The zero-order valence-electron chi connectivity index (χ0n) is 13.1. The second-order valence-corrected chi connectivity index (χ2v) is 7.26. The lowest BCUT2D eigenvalue weighted by Crippen LogP contribution is -2.53. The van der Waals surface area contributed by atoms with Crippen LogP contribution in [0.25, 0.3) is 0 Å². The van der Waals surface area contributed by atoms with E-state index in [1.807, 2.05) is 0 Å². The Morgan fingerprint density at radius 3 is 1.84 bits per heavy atom. The van der Waals surface area contributed by atoms with Gasteiger partial charge in [-0.25, -0.2) is 9.59 Å². The summed E-state index contributed by atoms with van der Waals surface area (Å²) in [6, 6.07) is -1.34. The summed E-state index contributed by atoms with van der Waals surface area (Å²) in [4.78, 5) is 22.9. The molecule has 0 aliphatic rings. The third-order valence-electron chi connectivity index (χ3n) is 3.44. The predicted octanol–water partition coefficient (Wildman–Crippen LogP) is 2.47. The molecular weight excluding hydrogens is 244 g/mol. The van der Waals surface area contributed by atoms with Gasteiger partial charge in [-0.05, 0) is 16.7 Å². The van der Waals surface area contributed by atoms with Crippen LogP contribution < -0.4 is 10.6 Å². The fourth-order valence-electron chi connectivity index (χ4n) is 1.38. The summed E-state index contributed by atoms with van der Waals surface area (Å²) in [6.07, 6.45) is 0. The van der Waals surface area contributed by atoms with E-state index in [1.54, 1.807) is 20.8 Å². The average Bonchev–Trinajstić information content (AvgIpc) is 2.18. The lowest BCUT2D eigenvalue weighted by atomic mass is 9.82. The number of carbonyl (C=O) groups excluding carboxylic acids is 1. The van der Waals surface area contributed by atoms with Gasteiger partial charge < -0.3 is 15.7 Å². The molecular formula is C14H28N2O3. The van der Waals surface area contributed by atoms with E-state index >= 15 is 0 Å². The van der Waals surface area contributed by atoms with Gasteiger partial charge in [0.2, 0.25) is 0 Å². The summed E-state index contributed by atoms with van der Waals surface area (Å²) in [5, 5.41) is 14.4. The Morgan fingerprint density at radius 2 is 1.53 bits per heavy atom. The van der Waals surface area contributed by atoms with Crippen molar-refractivity contribution in [3.05, 3.63) is 0 Å². The molecule has 0 rings (SSSR count). The predicted molar refractivity (Wildman–Crippen MR) is 76.0 cm³/mol. The van der Waals surface area contributed by atoms with Gasteiger partial charge >= 0.3 is 12.0 Å². The standard InChI is InChI=1S/C14H28N2O3/c1-9(13(2,3)4)8-15-12(19)16-10(11(17)18)14(5,6)7/h9-10H,8H2,1-7H3,(H,17,18)(H2,15,16,19)/t9?,10-/m0/s1. The minimum absolute atomic E-state index is 0.101. The van der Waals surface area contributed by atoms with Crippen molar-refractivity contribution in [1.29, 1.82) is 0 Å². The van der Waals surface area contributed by atoms with Crippen LogP contribution in [0.3, 0.4) is 0 Å². The molecule has 0 heterocycles. The van der Waals surface area contributed by atoms with Gasteiger partial charge in [0.15, 0.2) is 0 Å². The highest BCUT2D eigenvalue weighted by atomic mass is 16.4. The van der Waals surface area contributed by atoms with Crippen molar-refractivity contribution in [1.82, 2.24) is 10.6 Å². The van der Waals surface area contributed by atoms with Gasteiger partial charge in [0.05, 0.1) is 0 Å². The number of carbonyl (C=O) groups is 2. The largest absolute Gasteiger partial charge is 0.480 e. The molecule has 0 spiro atoms. The Balaban J connectivity index is 4.42. The van der Waals surface area contributed by atoms with Gasteiger partial charge in [0.25, 0.3) is 0 Å². The molecule has 5 heteroatoms. The summed E-state index contributed by atoms with van der Waals surface area (Å²) in [6.45, 7) is 14.2. The fourth-order valence-corrected chi connectivity index (χ4v) is 1.38. The zero-order chi connectivity index (χ0) is 15.4. The fraction of sp³-hybridized carbons (Fsp3) is 0.857. The molecule has 3 N–H and O–H groups in total. The van der Waals surface area contributed by atoms with Crippen molar-refractivity contribution in [3.8, 4) is 0 Å². The highest BCUT2D eigenvalue weighted by molar-refractivity contribution is 5.83. The number of hydrogen-bond acceptors (Lipinski definition) is 2. The number of carboxylic acid groups (broad SMARTS) is 1. The molecule has 0 radical (unpaired) electrons. The molecule has 5 nitrogen and oxygen atoms in total. The van der Waals surface area contributed by atoms with E-state index < -0.39 is 23.5 Å². The van der Waals surface area contributed by atoms with Crippen LogP contribution in [0.5, 0.6) is 0 Å². The Bertz CT molecular complexity index is 327. The molecule has 0 aromatic carbocycles. The molecule has 0 aliphatic heterocycles. The van der Waals surface area contributed by atoms with Crippen LogP contribution in [-0.2, 0) is 4.79 Å². The molecule has 19 heavy (non-hydrogen) atoms. The Labute approximate surface area is 116 Å². The molecule has 0 aromatic heterocycles. The maximum atomic E-state index is 11.8. The molecule has 0 bridgehead atoms. The Kier molecular flexibility index (Phi) is 5.84. The Hall–Kier alpha value is -1.26. The maximum absolute atomic E-state index is 11.8. The molecule has 2 amide bonds. The molecule has 0 saturated carbocycles. The number of nitrogens with one attached hydrogen (secondary N) is 2. The van der Waals surface area contributed by atoms with E-state index in [9.17, 15) is 9.59 Å². The third kappa shape index (κ3) is 6.45. The molecule has 1 unspecified atom stereocenters. The minimum atomic E-state index is -1.02. The van der Waals surface area contributed by atoms with Crippen molar-refractivity contribution in [2.24, 2.45) is 16.7 Å². The van der Waals surface area contributed by atoms with Crippen molar-refractivity contribution in [3.63, 3.8) is 0 Å². The quantitative estimate of drug-likeness (QED) is 0.735. The van der Waals surface area contributed by atoms with Gasteiger partial charge in [0.1, 0.15) is 6.04 Å². The van der Waals surface area contributed by atoms with Crippen molar-refractivity contribution in [2.45, 2.75) is 54.5 Å². The summed E-state index contributed by atoms with van der Waals surface area (Å²) in [5.41, 5.74) is -0.428. The van der Waals surface area contributed by atoms with Crippen molar-refractivity contribution >= 4 is 12.0 Å². The first-order valence-corrected chi connectivity index (χ1v) is 6.63. The molecule has 112 valence electrons. The van der Waals surface area contributed by atoms with Gasteiger partial charge in [0, 0.05) is 6.54 Å². The highest BCUT2D eigenvalue weighted by Crippen LogP contribution is 2.24. The number of aliphatic carboxylic acids is 1. The van der Waals surface area contributed by atoms with Gasteiger partial charge in [-0.15, -0.1) is 0 Å². The average molecular weight is 272 g/mol. The third-order valence-corrected chi connectivity index (χ3v) is 3.44. The van der Waals surface area contributed by atoms with Crippen LogP contribution in [0, 0.1) is 16.7 Å². The van der Waals surface area contributed by atoms with Crippen LogP contribution in [0.2, 0.25) is 0 Å². The maximum Gasteiger partial charge on any atom is 0.326 e. The van der Waals surface area contributed by atoms with Crippen LogP contribution in [0.15, 0.2) is 0 Å². The first-order valence-electron chi connectivity index (χ1n) is 6.63. The number of rotatable bonds is 4. The van der Waals surface area contributed by atoms with E-state index in [-0.39, 0.29) is 5.41 Å². The molecule has 2 atom stereocenters. The minimum Gasteiger partial charge on any atom is -0.480 e. The monoisotopic (exact) mass is 272 g/mol. The van der Waals surface area contributed by atoms with Crippen LogP contribution in [0.1, 0.15) is 48.5 Å². The lowest BCUT2D eigenvalue weighted by molar-refractivity contribution is -0.141. The van der Waals surface area contributed by atoms with Crippen LogP contribution >= 0.6 is 0 Å². The number of amides is 2. The normalized spacial score (nSPS) is 15.5. The number of carboxylic acids is 1. The van der Waals surface area contributed by atoms with E-state index in [2.05, 4.69) is 38.3 Å². The van der Waals surface area contributed by atoms with Gasteiger partial charge in [-0.3, -0.25) is 0 Å². The topological polar surface area (TPSA) is 78.4 Å². The molecule has 0 saturated heterocycles. The molecule has 0 fully saturated rings. The second kappa shape index (κ2) is 6.26. The van der Waals surface area contributed by atoms with Crippen LogP contribution in [-0.4, -0.2) is 29.7 Å². The summed E-state index contributed by atoms with van der Waals surface area (Å²) < 4.78 is 0. The first kappa shape index (κ1) is 17.7. The zero-order valence-corrected chi connectivity index (χ0v) is 13.1. The SMILES string of the molecule is CC(CNC(=O)N[C@@H](C(=O)O)C(C)(C)C)C(C)(C)C. The van der Waals surface area contributed by atoms with Gasteiger partial charge in [-0.1, -0.05) is 48.5 Å². The second-order valence-electron chi connectivity index (χ2n) is 7.26. The highest BCUT2D eigenvalue weighted by Gasteiger charge is 2.32. The molecule has 0 aromatic rings. The summed E-state index contributed by atoms with van der Waals surface area (Å²) in [5.74, 6) is -0.720. The van der Waals surface area contributed by atoms with Crippen molar-refractivity contribution in [2.75, 3.05) is 6.54 Å². The Morgan fingerprint density at radius 1 is 1.05 bits per heavy atom. The number of hydrogen-bond donors (Lipinski definition) is 3. The van der Waals surface area contributed by atoms with E-state index in [0.29, 0.717) is 12.5 Å². The molecule has 0 aliphatic carbocycles. The van der Waals surface area contributed by atoms with E-state index in [1.165, 1.54) is 0 Å². The number of urea groups is 1. The smallest absolute Gasteiger partial charge is 0.326 e. The van der Waals surface area contributed by atoms with Crippen molar-refractivity contribution < 1.29 is 14.7 Å². The lowest BCUT2D eigenvalue weighted by Gasteiger charge is -2.30. The van der Waals surface area contributed by atoms with E-state index in [0.717, 1.165) is 0 Å². The van der Waals surface area contributed by atoms with E-state index in [4.69, 9.17) is 5.11 Å². The van der Waals surface area contributed by atoms with Gasteiger partial charge in [-0.2, -0.15) is 0 Å².